The van der Waals surface area contributed by atoms with Gasteiger partial charge in [0.15, 0.2) is 0 Å². The van der Waals surface area contributed by atoms with Crippen molar-refractivity contribution in [2.75, 3.05) is 5.75 Å². The van der Waals surface area contributed by atoms with E-state index in [1.54, 1.807) is 0 Å². The summed E-state index contributed by atoms with van der Waals surface area (Å²) >= 11 is 1.91. The Bertz CT molecular complexity index is 461. The molecule has 1 aliphatic rings. The number of aromatic nitrogens is 2. The van der Waals surface area contributed by atoms with E-state index in [2.05, 4.69) is 34.9 Å². The normalized spacial score (nSPS) is 20.8. The fourth-order valence-electron chi connectivity index (χ4n) is 1.74. The number of nitrogens with zero attached hydrogens (tertiary/aromatic N) is 2. The number of benzene rings is 1. The van der Waals surface area contributed by atoms with Crippen LogP contribution in [-0.2, 0) is 0 Å². The summed E-state index contributed by atoms with van der Waals surface area (Å²) in [5.74, 6) is 1.16. The minimum Gasteiger partial charge on any atom is -0.254 e. The first kappa shape index (κ1) is 7.44. The van der Waals surface area contributed by atoms with E-state index in [0.29, 0.717) is 6.04 Å². The summed E-state index contributed by atoms with van der Waals surface area (Å²) in [5.41, 5.74) is 1.12. The molecule has 0 N–H and O–H groups in total. The molecule has 1 unspecified atom stereocenters. The van der Waals surface area contributed by atoms with E-state index in [1.807, 2.05) is 17.8 Å². The van der Waals surface area contributed by atoms with Crippen molar-refractivity contribution in [3.63, 3.8) is 0 Å². The second-order valence-corrected chi connectivity index (χ2v) is 4.44. The molecule has 3 heteroatoms. The quantitative estimate of drug-likeness (QED) is 0.635. The maximum Gasteiger partial charge on any atom is 0.102 e. The molecular weight excluding hydrogens is 180 g/mol. The van der Waals surface area contributed by atoms with Gasteiger partial charge in [0.1, 0.15) is 5.03 Å². The number of fused-ring (bicyclic) bond motifs is 3. The number of thioether (sulfide) groups is 1. The highest BCUT2D eigenvalue weighted by atomic mass is 32.2. The maximum absolute atomic E-state index is 4.57. The molecule has 3 rings (SSSR count). The minimum atomic E-state index is 0.549. The van der Waals surface area contributed by atoms with Crippen LogP contribution in [-0.4, -0.2) is 15.5 Å². The van der Waals surface area contributed by atoms with Crippen molar-refractivity contribution in [3.8, 4) is 0 Å². The van der Waals surface area contributed by atoms with E-state index in [0.717, 1.165) is 11.3 Å². The molecule has 0 radical (unpaired) electrons. The Morgan fingerprint density at radius 3 is 3.23 bits per heavy atom. The van der Waals surface area contributed by atoms with E-state index < -0.39 is 0 Å². The van der Waals surface area contributed by atoms with E-state index in [-0.39, 0.29) is 0 Å². The fourth-order valence-corrected chi connectivity index (χ4v) is 2.96. The molecule has 2 aromatic rings. The van der Waals surface area contributed by atoms with Gasteiger partial charge in [0.2, 0.25) is 0 Å². The molecule has 0 spiro atoms. The van der Waals surface area contributed by atoms with E-state index in [1.165, 1.54) is 10.4 Å². The van der Waals surface area contributed by atoms with E-state index in [4.69, 9.17) is 0 Å². The zero-order valence-corrected chi connectivity index (χ0v) is 8.21. The van der Waals surface area contributed by atoms with Gasteiger partial charge in [-0.25, -0.2) is 0 Å². The Morgan fingerprint density at radius 1 is 1.46 bits per heavy atom. The van der Waals surface area contributed by atoms with Crippen molar-refractivity contribution in [1.82, 2.24) is 9.78 Å². The number of rotatable bonds is 0. The number of hydrogen-bond acceptors (Lipinski definition) is 2. The van der Waals surface area contributed by atoms with Gasteiger partial charge in [0.05, 0.1) is 11.6 Å². The van der Waals surface area contributed by atoms with Gasteiger partial charge in [-0.05, 0) is 13.0 Å². The van der Waals surface area contributed by atoms with Gasteiger partial charge in [-0.15, -0.1) is 11.8 Å². The molecule has 0 aliphatic carbocycles. The third-order valence-electron chi connectivity index (χ3n) is 2.44. The second kappa shape index (κ2) is 2.51. The first-order valence-corrected chi connectivity index (χ1v) is 5.45. The molecule has 0 fully saturated rings. The second-order valence-electron chi connectivity index (χ2n) is 3.43. The van der Waals surface area contributed by atoms with Crippen molar-refractivity contribution in [2.45, 2.75) is 18.0 Å². The Kier molecular flexibility index (Phi) is 1.44. The Hall–Kier alpha value is -0.960. The van der Waals surface area contributed by atoms with Crippen LogP contribution >= 0.6 is 11.8 Å². The van der Waals surface area contributed by atoms with Crippen LogP contribution in [0.1, 0.15) is 13.0 Å². The van der Waals surface area contributed by atoms with Crippen LogP contribution in [0.15, 0.2) is 29.3 Å². The molecule has 0 bridgehead atoms. The van der Waals surface area contributed by atoms with Gasteiger partial charge in [-0.1, -0.05) is 18.2 Å². The summed E-state index contributed by atoms with van der Waals surface area (Å²) in [5, 5.41) is 7.21. The molecule has 0 saturated heterocycles. The van der Waals surface area contributed by atoms with Crippen LogP contribution in [0.25, 0.3) is 10.9 Å². The number of hydrogen-bond donors (Lipinski definition) is 0. The van der Waals surface area contributed by atoms with E-state index in [9.17, 15) is 0 Å². The molecule has 0 saturated carbocycles. The highest BCUT2D eigenvalue weighted by Gasteiger charge is 2.22. The molecule has 2 heterocycles. The lowest BCUT2D eigenvalue weighted by molar-refractivity contribution is 0.525. The Labute approximate surface area is 80.9 Å². The molecule has 1 aliphatic heterocycles. The van der Waals surface area contributed by atoms with Gasteiger partial charge in [0.25, 0.3) is 0 Å². The van der Waals surface area contributed by atoms with Crippen molar-refractivity contribution in [2.24, 2.45) is 0 Å². The average Bonchev–Trinajstić information content (AvgIpc) is 2.67. The fraction of sp³-hybridized carbons (Fsp3) is 0.300. The zero-order valence-electron chi connectivity index (χ0n) is 7.40. The summed E-state index contributed by atoms with van der Waals surface area (Å²) in [4.78, 5) is 0. The first-order valence-electron chi connectivity index (χ1n) is 4.46. The predicted octanol–water partition coefficient (Wildman–Crippen LogP) is 2.70. The lowest BCUT2D eigenvalue weighted by atomic mass is 10.3. The highest BCUT2D eigenvalue weighted by Crippen LogP contribution is 2.37. The average molecular weight is 190 g/mol. The maximum atomic E-state index is 4.57. The summed E-state index contributed by atoms with van der Waals surface area (Å²) in [6, 6.07) is 8.90. The molecule has 1 atom stereocenters. The molecule has 0 amide bonds. The first-order chi connectivity index (χ1) is 6.36. The van der Waals surface area contributed by atoms with Crippen molar-refractivity contribution < 1.29 is 0 Å². The van der Waals surface area contributed by atoms with Gasteiger partial charge in [-0.2, -0.15) is 5.10 Å². The summed E-state index contributed by atoms with van der Waals surface area (Å²) in [7, 11) is 0. The van der Waals surface area contributed by atoms with Crippen LogP contribution < -0.4 is 0 Å². The van der Waals surface area contributed by atoms with Gasteiger partial charge in [0, 0.05) is 11.1 Å². The summed E-state index contributed by atoms with van der Waals surface area (Å²) < 4.78 is 2.15. The van der Waals surface area contributed by atoms with Gasteiger partial charge >= 0.3 is 0 Å². The third kappa shape index (κ3) is 0.936. The molecule has 2 nitrogen and oxygen atoms in total. The van der Waals surface area contributed by atoms with Crippen molar-refractivity contribution in [1.29, 1.82) is 0 Å². The lowest BCUT2D eigenvalue weighted by Gasteiger charge is -2.00. The Balaban J connectivity index is 2.38. The van der Waals surface area contributed by atoms with E-state index >= 15 is 0 Å². The van der Waals surface area contributed by atoms with Crippen LogP contribution in [0, 0.1) is 0 Å². The standard InChI is InChI=1S/C10H10N2S/c1-7-6-13-10-8-4-2-3-5-9(8)11-12(7)10/h2-5,7H,6H2,1H3. The predicted molar refractivity (Wildman–Crippen MR) is 55.2 cm³/mol. The molecule has 1 aromatic heterocycles. The molecule has 13 heavy (non-hydrogen) atoms. The highest BCUT2D eigenvalue weighted by molar-refractivity contribution is 7.99. The van der Waals surface area contributed by atoms with Crippen LogP contribution in [0.4, 0.5) is 0 Å². The Morgan fingerprint density at radius 2 is 2.31 bits per heavy atom. The molecule has 1 aromatic carbocycles. The summed E-state index contributed by atoms with van der Waals surface area (Å²) in [6.07, 6.45) is 0. The topological polar surface area (TPSA) is 17.8 Å². The largest absolute Gasteiger partial charge is 0.254 e. The third-order valence-corrected chi connectivity index (χ3v) is 3.77. The molecular formula is C10H10N2S. The van der Waals surface area contributed by atoms with Gasteiger partial charge < -0.3 is 0 Å². The van der Waals surface area contributed by atoms with Crippen LogP contribution in [0.2, 0.25) is 0 Å². The van der Waals surface area contributed by atoms with Crippen LogP contribution in [0.5, 0.6) is 0 Å². The van der Waals surface area contributed by atoms with Crippen LogP contribution in [0.3, 0.4) is 0 Å². The SMILES string of the molecule is CC1CSc2c3ccccc3nn21. The zero-order chi connectivity index (χ0) is 8.84. The lowest BCUT2D eigenvalue weighted by Crippen LogP contribution is -2.02. The minimum absolute atomic E-state index is 0.549. The molecule has 66 valence electrons. The smallest absolute Gasteiger partial charge is 0.102 e. The van der Waals surface area contributed by atoms with Crippen molar-refractivity contribution >= 4 is 22.7 Å². The monoisotopic (exact) mass is 190 g/mol. The van der Waals surface area contributed by atoms with Gasteiger partial charge in [-0.3, -0.25) is 4.68 Å². The van der Waals surface area contributed by atoms with Crippen molar-refractivity contribution in [3.05, 3.63) is 24.3 Å². The summed E-state index contributed by atoms with van der Waals surface area (Å²) in [6.45, 7) is 2.22.